The van der Waals surface area contributed by atoms with Gasteiger partial charge in [-0.3, -0.25) is 14.9 Å². The molecule has 0 aliphatic carbocycles. The number of benzene rings is 2. The fourth-order valence-corrected chi connectivity index (χ4v) is 1.82. The molecule has 0 fully saturated rings. The predicted molar refractivity (Wildman–Crippen MR) is 84.0 cm³/mol. The van der Waals surface area contributed by atoms with Crippen LogP contribution in [0.4, 0.5) is 5.69 Å². The van der Waals surface area contributed by atoms with Crippen molar-refractivity contribution < 1.29 is 9.72 Å². The lowest BCUT2D eigenvalue weighted by molar-refractivity contribution is -0.384. The van der Waals surface area contributed by atoms with Crippen molar-refractivity contribution in [3.05, 3.63) is 75.3 Å². The summed E-state index contributed by atoms with van der Waals surface area (Å²) in [6.07, 6.45) is 0. The van der Waals surface area contributed by atoms with Gasteiger partial charge >= 0.3 is 0 Å². The van der Waals surface area contributed by atoms with Crippen molar-refractivity contribution in [3.8, 4) is 0 Å². The van der Waals surface area contributed by atoms with Crippen molar-refractivity contribution in [2.24, 2.45) is 5.10 Å². The number of hydrazone groups is 1. The summed E-state index contributed by atoms with van der Waals surface area (Å²) < 4.78 is 0. The first kappa shape index (κ1) is 15.4. The summed E-state index contributed by atoms with van der Waals surface area (Å²) in [5.74, 6) is -0.491. The highest BCUT2D eigenvalue weighted by Gasteiger charge is 2.11. The maximum Gasteiger partial charge on any atom is 0.271 e. The third-order valence-electron chi connectivity index (χ3n) is 3.11. The number of non-ortho nitro benzene ring substituents is 1. The molecule has 2 aromatic rings. The van der Waals surface area contributed by atoms with Gasteiger partial charge < -0.3 is 0 Å². The highest BCUT2D eigenvalue weighted by atomic mass is 16.6. The Morgan fingerprint density at radius 1 is 1.14 bits per heavy atom. The highest BCUT2D eigenvalue weighted by molar-refractivity contribution is 6.01. The molecule has 0 aromatic heterocycles. The van der Waals surface area contributed by atoms with Gasteiger partial charge in [0, 0.05) is 17.7 Å². The first-order valence-electron chi connectivity index (χ1n) is 6.63. The van der Waals surface area contributed by atoms with Crippen molar-refractivity contribution in [3.63, 3.8) is 0 Å². The molecule has 6 heteroatoms. The topological polar surface area (TPSA) is 84.6 Å². The zero-order valence-corrected chi connectivity index (χ0v) is 12.2. The Morgan fingerprint density at radius 3 is 2.45 bits per heavy atom. The van der Waals surface area contributed by atoms with Crippen LogP contribution in [0.2, 0.25) is 0 Å². The van der Waals surface area contributed by atoms with E-state index in [9.17, 15) is 14.9 Å². The lowest BCUT2D eigenvalue weighted by Gasteiger charge is -2.03. The van der Waals surface area contributed by atoms with Gasteiger partial charge in [0.05, 0.1) is 10.6 Å². The summed E-state index contributed by atoms with van der Waals surface area (Å²) in [6, 6.07) is 13.2. The fraction of sp³-hybridized carbons (Fsp3) is 0.125. The van der Waals surface area contributed by atoms with Gasteiger partial charge in [0.25, 0.3) is 11.6 Å². The summed E-state index contributed by atoms with van der Waals surface area (Å²) in [4.78, 5) is 22.1. The van der Waals surface area contributed by atoms with Gasteiger partial charge in [-0.25, -0.2) is 5.43 Å². The zero-order chi connectivity index (χ0) is 16.1. The molecule has 1 amide bonds. The summed E-state index contributed by atoms with van der Waals surface area (Å²) in [7, 11) is 0. The van der Waals surface area contributed by atoms with E-state index in [-0.39, 0.29) is 11.3 Å². The van der Waals surface area contributed by atoms with Crippen LogP contribution in [-0.2, 0) is 0 Å². The number of nitrogens with one attached hydrogen (secondary N) is 1. The van der Waals surface area contributed by atoms with Crippen molar-refractivity contribution in [1.82, 2.24) is 5.43 Å². The Bertz CT molecular complexity index is 737. The molecule has 0 bridgehead atoms. The van der Waals surface area contributed by atoms with Crippen molar-refractivity contribution in [2.45, 2.75) is 13.8 Å². The maximum absolute atomic E-state index is 12.0. The summed E-state index contributed by atoms with van der Waals surface area (Å²) in [5.41, 5.74) is 5.14. The molecule has 112 valence electrons. The number of nitrogens with zero attached hydrogens (tertiary/aromatic N) is 2. The van der Waals surface area contributed by atoms with E-state index in [2.05, 4.69) is 10.5 Å². The average molecular weight is 297 g/mol. The molecule has 1 N–H and O–H groups in total. The summed E-state index contributed by atoms with van der Waals surface area (Å²) in [6.45, 7) is 3.76. The normalized spacial score (nSPS) is 11.1. The van der Waals surface area contributed by atoms with Crippen LogP contribution in [0, 0.1) is 17.0 Å². The second-order valence-corrected chi connectivity index (χ2v) is 4.81. The number of amides is 1. The van der Waals surface area contributed by atoms with Gasteiger partial charge in [0.1, 0.15) is 0 Å². The molecule has 0 saturated carbocycles. The monoisotopic (exact) mass is 297 g/mol. The first-order chi connectivity index (χ1) is 10.5. The Kier molecular flexibility index (Phi) is 4.63. The Morgan fingerprint density at radius 2 is 1.82 bits per heavy atom. The Labute approximate surface area is 127 Å². The summed E-state index contributed by atoms with van der Waals surface area (Å²) in [5, 5.41) is 14.7. The lowest BCUT2D eigenvalue weighted by atomic mass is 10.1. The maximum atomic E-state index is 12.0. The zero-order valence-electron chi connectivity index (χ0n) is 12.2. The molecule has 2 rings (SSSR count). The minimum Gasteiger partial charge on any atom is -0.267 e. The average Bonchev–Trinajstić information content (AvgIpc) is 2.53. The quantitative estimate of drug-likeness (QED) is 0.534. The van der Waals surface area contributed by atoms with Crippen LogP contribution in [0.5, 0.6) is 0 Å². The molecule has 0 spiro atoms. The van der Waals surface area contributed by atoms with Gasteiger partial charge in [-0.2, -0.15) is 5.10 Å². The van der Waals surface area contributed by atoms with Crippen LogP contribution in [0.15, 0.2) is 53.6 Å². The molecule has 22 heavy (non-hydrogen) atoms. The molecular formula is C16H15N3O3. The third kappa shape index (κ3) is 3.76. The Balaban J connectivity index is 2.11. The lowest BCUT2D eigenvalue weighted by Crippen LogP contribution is -2.19. The first-order valence-corrected chi connectivity index (χ1v) is 6.63. The van der Waals surface area contributed by atoms with Crippen LogP contribution in [0.3, 0.4) is 0 Å². The number of rotatable bonds is 4. The molecule has 0 unspecified atom stereocenters. The van der Waals surface area contributed by atoms with E-state index in [1.807, 2.05) is 31.2 Å². The van der Waals surface area contributed by atoms with E-state index in [1.54, 1.807) is 6.92 Å². The van der Waals surface area contributed by atoms with Gasteiger partial charge in [-0.05, 0) is 25.5 Å². The molecule has 0 heterocycles. The van der Waals surface area contributed by atoms with Crippen molar-refractivity contribution >= 4 is 17.3 Å². The van der Waals surface area contributed by atoms with Crippen LogP contribution in [-0.4, -0.2) is 16.5 Å². The van der Waals surface area contributed by atoms with E-state index in [1.165, 1.54) is 24.3 Å². The van der Waals surface area contributed by atoms with E-state index < -0.39 is 10.8 Å². The predicted octanol–water partition coefficient (Wildman–Crippen LogP) is 3.06. The molecule has 0 aliphatic rings. The molecule has 0 aliphatic heterocycles. The number of hydrogen-bond acceptors (Lipinski definition) is 4. The van der Waals surface area contributed by atoms with Gasteiger partial charge in [-0.15, -0.1) is 0 Å². The van der Waals surface area contributed by atoms with Gasteiger partial charge in [0.15, 0.2) is 0 Å². The molecular weight excluding hydrogens is 282 g/mol. The number of carbonyl (C=O) groups excluding carboxylic acids is 1. The largest absolute Gasteiger partial charge is 0.271 e. The minimum absolute atomic E-state index is 0.133. The second kappa shape index (κ2) is 6.62. The molecule has 2 aromatic carbocycles. The fourth-order valence-electron chi connectivity index (χ4n) is 1.82. The second-order valence-electron chi connectivity index (χ2n) is 4.81. The number of carbonyl (C=O) groups is 1. The molecule has 6 nitrogen and oxygen atoms in total. The van der Waals surface area contributed by atoms with E-state index in [0.717, 1.165) is 11.1 Å². The van der Waals surface area contributed by atoms with Crippen LogP contribution in [0.25, 0.3) is 0 Å². The highest BCUT2D eigenvalue weighted by Crippen LogP contribution is 2.13. The van der Waals surface area contributed by atoms with Crippen molar-refractivity contribution in [2.75, 3.05) is 0 Å². The minimum atomic E-state index is -0.544. The van der Waals surface area contributed by atoms with Crippen LogP contribution in [0.1, 0.15) is 28.4 Å². The smallest absolute Gasteiger partial charge is 0.267 e. The number of hydrogen-bond donors (Lipinski definition) is 1. The van der Waals surface area contributed by atoms with E-state index >= 15 is 0 Å². The Hall–Kier alpha value is -3.02. The number of nitro groups is 1. The standard InChI is InChI=1S/C16H15N3O3/c1-11-6-8-13(9-7-11)12(2)17-18-16(20)14-4-3-5-15(10-14)19(21)22/h3-10H,1-2H3,(H,18,20). The number of aryl methyl sites for hydroxylation is 1. The molecule has 0 atom stereocenters. The SMILES string of the molecule is CC(=NNC(=O)c1cccc([N+](=O)[O-])c1)c1ccc(C)cc1. The number of nitro benzene ring substituents is 1. The third-order valence-corrected chi connectivity index (χ3v) is 3.11. The van der Waals surface area contributed by atoms with Gasteiger partial charge in [0.2, 0.25) is 0 Å². The molecule has 0 saturated heterocycles. The van der Waals surface area contributed by atoms with Crippen molar-refractivity contribution in [1.29, 1.82) is 0 Å². The molecule has 0 radical (unpaired) electrons. The van der Waals surface area contributed by atoms with Crippen LogP contribution >= 0.6 is 0 Å². The van der Waals surface area contributed by atoms with E-state index in [4.69, 9.17) is 0 Å². The summed E-state index contributed by atoms with van der Waals surface area (Å²) >= 11 is 0. The van der Waals surface area contributed by atoms with Crippen LogP contribution < -0.4 is 5.43 Å². The van der Waals surface area contributed by atoms with E-state index in [0.29, 0.717) is 5.71 Å². The van der Waals surface area contributed by atoms with Gasteiger partial charge in [-0.1, -0.05) is 35.9 Å².